The van der Waals surface area contributed by atoms with Gasteiger partial charge in [-0.3, -0.25) is 9.78 Å². The van der Waals surface area contributed by atoms with Crippen LogP contribution in [0.25, 0.3) is 0 Å². The van der Waals surface area contributed by atoms with E-state index in [0.717, 1.165) is 17.1 Å². The van der Waals surface area contributed by atoms with Crippen molar-refractivity contribution in [3.05, 3.63) is 71.1 Å². The third-order valence-electron chi connectivity index (χ3n) is 5.54. The predicted molar refractivity (Wildman–Crippen MR) is 108 cm³/mol. The fourth-order valence-corrected chi connectivity index (χ4v) is 3.83. The minimum Gasteiger partial charge on any atom is -0.508 e. The summed E-state index contributed by atoms with van der Waals surface area (Å²) < 4.78 is 7.26. The first kappa shape index (κ1) is 19.0. The molecule has 1 N–H and O–H groups in total. The highest BCUT2D eigenvalue weighted by atomic mass is 16.5. The molecule has 3 aromatic rings. The molecule has 3 heterocycles. The van der Waals surface area contributed by atoms with E-state index in [1.807, 2.05) is 36.7 Å². The molecule has 1 amide bonds. The smallest absolute Gasteiger partial charge is 0.254 e. The van der Waals surface area contributed by atoms with Crippen LogP contribution in [0.4, 0.5) is 0 Å². The van der Waals surface area contributed by atoms with Gasteiger partial charge in [0.25, 0.3) is 5.91 Å². The Labute approximate surface area is 169 Å². The lowest BCUT2D eigenvalue weighted by atomic mass is 9.94. The van der Waals surface area contributed by atoms with Gasteiger partial charge >= 0.3 is 0 Å². The van der Waals surface area contributed by atoms with Crippen LogP contribution in [0, 0.1) is 6.92 Å². The molecule has 1 aliphatic rings. The zero-order valence-corrected chi connectivity index (χ0v) is 16.8. The molecule has 7 heteroatoms. The number of amides is 1. The number of benzene rings is 1. The number of aryl methyl sites for hydroxylation is 1. The van der Waals surface area contributed by atoms with Crippen LogP contribution < -0.4 is 4.74 Å². The SMILES string of the molecule is COc1ccnc([C@H](C)N2CCc3c(O)cc(Cn4ccnc4C)cc3C2=O)c1. The van der Waals surface area contributed by atoms with Gasteiger partial charge in [-0.2, -0.15) is 0 Å². The largest absolute Gasteiger partial charge is 0.508 e. The number of carbonyl (C=O) groups is 1. The molecular formula is C22H24N4O3. The summed E-state index contributed by atoms with van der Waals surface area (Å²) in [7, 11) is 1.61. The maximum Gasteiger partial charge on any atom is 0.254 e. The van der Waals surface area contributed by atoms with Crippen molar-refractivity contribution in [3.63, 3.8) is 0 Å². The molecule has 0 bridgehead atoms. The maximum absolute atomic E-state index is 13.3. The molecule has 0 fully saturated rings. The molecule has 7 nitrogen and oxygen atoms in total. The number of aromatic hydroxyl groups is 1. The van der Waals surface area contributed by atoms with Crippen LogP contribution in [-0.2, 0) is 13.0 Å². The van der Waals surface area contributed by atoms with Gasteiger partial charge in [0.1, 0.15) is 17.3 Å². The molecule has 1 aliphatic heterocycles. The molecule has 0 saturated carbocycles. The standard InChI is InChI=1S/C22H24N4O3/c1-14(20-12-17(29-3)4-6-24-20)26-8-5-18-19(22(26)28)10-16(11-21(18)27)13-25-9-7-23-15(25)2/h4,6-7,9-12,14,27H,5,8,13H2,1-3H3/t14-/m0/s1. The molecule has 4 rings (SSSR count). The third-order valence-corrected chi connectivity index (χ3v) is 5.54. The van der Waals surface area contributed by atoms with E-state index in [0.29, 0.717) is 36.4 Å². The molecule has 1 atom stereocenters. The highest BCUT2D eigenvalue weighted by molar-refractivity contribution is 5.98. The van der Waals surface area contributed by atoms with Crippen molar-refractivity contribution >= 4 is 5.91 Å². The van der Waals surface area contributed by atoms with Gasteiger partial charge in [0.15, 0.2) is 0 Å². The second kappa shape index (κ2) is 7.58. The van der Waals surface area contributed by atoms with E-state index in [9.17, 15) is 9.90 Å². The Morgan fingerprint density at radius 1 is 1.24 bits per heavy atom. The van der Waals surface area contributed by atoms with Gasteiger partial charge in [0.05, 0.1) is 18.8 Å². The Kier molecular flexibility index (Phi) is 4.96. The quantitative estimate of drug-likeness (QED) is 0.722. The third kappa shape index (κ3) is 3.55. The van der Waals surface area contributed by atoms with E-state index in [1.165, 1.54) is 0 Å². The number of carbonyl (C=O) groups excluding carboxylic acids is 1. The first-order chi connectivity index (χ1) is 14.0. The van der Waals surface area contributed by atoms with Crippen molar-refractivity contribution in [3.8, 4) is 11.5 Å². The number of phenols is 1. The van der Waals surface area contributed by atoms with Crippen molar-refractivity contribution < 1.29 is 14.6 Å². The molecule has 0 saturated heterocycles. The Balaban J connectivity index is 1.64. The van der Waals surface area contributed by atoms with Crippen LogP contribution in [0.15, 0.2) is 42.9 Å². The van der Waals surface area contributed by atoms with E-state index < -0.39 is 0 Å². The lowest BCUT2D eigenvalue weighted by Gasteiger charge is -2.34. The first-order valence-corrected chi connectivity index (χ1v) is 9.61. The molecule has 150 valence electrons. The van der Waals surface area contributed by atoms with Gasteiger partial charge in [-0.25, -0.2) is 4.98 Å². The Morgan fingerprint density at radius 3 is 2.79 bits per heavy atom. The van der Waals surface area contributed by atoms with Crippen LogP contribution in [0.1, 0.15) is 46.0 Å². The van der Waals surface area contributed by atoms with E-state index in [-0.39, 0.29) is 17.7 Å². The molecule has 1 aromatic carbocycles. The van der Waals surface area contributed by atoms with Crippen molar-refractivity contribution in [1.82, 2.24) is 19.4 Å². The molecule has 2 aromatic heterocycles. The van der Waals surface area contributed by atoms with Crippen molar-refractivity contribution in [2.45, 2.75) is 32.9 Å². The molecular weight excluding hydrogens is 368 g/mol. The number of aromatic nitrogens is 3. The van der Waals surface area contributed by atoms with Gasteiger partial charge in [-0.15, -0.1) is 0 Å². The van der Waals surface area contributed by atoms with E-state index in [4.69, 9.17) is 4.74 Å². The number of imidazole rings is 1. The first-order valence-electron chi connectivity index (χ1n) is 9.61. The molecule has 0 aliphatic carbocycles. The Morgan fingerprint density at radius 2 is 2.07 bits per heavy atom. The van der Waals surface area contributed by atoms with E-state index >= 15 is 0 Å². The lowest BCUT2D eigenvalue weighted by molar-refractivity contribution is 0.0667. The van der Waals surface area contributed by atoms with Gasteiger partial charge < -0.3 is 19.3 Å². The van der Waals surface area contributed by atoms with Crippen LogP contribution in [0.2, 0.25) is 0 Å². The fraction of sp³-hybridized carbons (Fsp3) is 0.318. The van der Waals surface area contributed by atoms with E-state index in [2.05, 4.69) is 9.97 Å². The number of ether oxygens (including phenoxy) is 1. The number of hydrogen-bond acceptors (Lipinski definition) is 5. The summed E-state index contributed by atoms with van der Waals surface area (Å²) in [6, 6.07) is 7.06. The fourth-order valence-electron chi connectivity index (χ4n) is 3.83. The van der Waals surface area contributed by atoms with Gasteiger partial charge in [0, 0.05) is 48.9 Å². The average molecular weight is 392 g/mol. The zero-order chi connectivity index (χ0) is 20.5. The molecule has 0 radical (unpaired) electrons. The minimum absolute atomic E-state index is 0.0946. The summed E-state index contributed by atoms with van der Waals surface area (Å²) >= 11 is 0. The number of phenolic OH excluding ortho intramolecular Hbond substituents is 1. The number of methoxy groups -OCH3 is 1. The Bertz CT molecular complexity index is 1060. The molecule has 29 heavy (non-hydrogen) atoms. The van der Waals surface area contributed by atoms with Gasteiger partial charge in [-0.1, -0.05) is 0 Å². The average Bonchev–Trinajstić information content (AvgIpc) is 3.13. The summed E-state index contributed by atoms with van der Waals surface area (Å²) in [5.41, 5.74) is 2.90. The predicted octanol–water partition coefficient (Wildman–Crippen LogP) is 3.11. The number of rotatable bonds is 5. The van der Waals surface area contributed by atoms with Crippen molar-refractivity contribution in [1.29, 1.82) is 0 Å². The normalized spacial score (nSPS) is 14.6. The van der Waals surface area contributed by atoms with Crippen molar-refractivity contribution in [2.75, 3.05) is 13.7 Å². The number of hydrogen-bond donors (Lipinski definition) is 1. The minimum atomic E-state index is -0.201. The topological polar surface area (TPSA) is 80.5 Å². The Hall–Kier alpha value is -3.35. The summed E-state index contributed by atoms with van der Waals surface area (Å²) in [6.45, 7) is 4.96. The van der Waals surface area contributed by atoms with Gasteiger partial charge in [0.2, 0.25) is 0 Å². The van der Waals surface area contributed by atoms with Crippen LogP contribution in [-0.4, -0.2) is 44.1 Å². The summed E-state index contributed by atoms with van der Waals surface area (Å²) in [6.07, 6.45) is 5.91. The summed E-state index contributed by atoms with van der Waals surface area (Å²) in [5, 5.41) is 10.5. The number of nitrogens with zero attached hydrogens (tertiary/aromatic N) is 4. The highest BCUT2D eigenvalue weighted by Crippen LogP contribution is 2.33. The number of pyridine rings is 1. The number of fused-ring (bicyclic) bond motifs is 1. The zero-order valence-electron chi connectivity index (χ0n) is 16.8. The highest BCUT2D eigenvalue weighted by Gasteiger charge is 2.31. The van der Waals surface area contributed by atoms with E-state index in [1.54, 1.807) is 36.5 Å². The van der Waals surface area contributed by atoms with Crippen molar-refractivity contribution in [2.24, 2.45) is 0 Å². The maximum atomic E-state index is 13.3. The summed E-state index contributed by atoms with van der Waals surface area (Å²) in [5.74, 6) is 1.67. The van der Waals surface area contributed by atoms with Crippen LogP contribution in [0.5, 0.6) is 11.5 Å². The van der Waals surface area contributed by atoms with Crippen LogP contribution >= 0.6 is 0 Å². The monoisotopic (exact) mass is 392 g/mol. The lowest BCUT2D eigenvalue weighted by Crippen LogP contribution is -2.39. The molecule has 0 spiro atoms. The summed E-state index contributed by atoms with van der Waals surface area (Å²) in [4.78, 5) is 23.7. The second-order valence-electron chi connectivity index (χ2n) is 7.29. The second-order valence-corrected chi connectivity index (χ2v) is 7.29. The van der Waals surface area contributed by atoms with Gasteiger partial charge in [-0.05, 0) is 44.0 Å². The van der Waals surface area contributed by atoms with Crippen LogP contribution in [0.3, 0.4) is 0 Å². The molecule has 0 unspecified atom stereocenters.